The first-order valence-corrected chi connectivity index (χ1v) is 6.70. The molecule has 1 saturated carbocycles. The molecule has 102 valence electrons. The van der Waals surface area contributed by atoms with E-state index < -0.39 is 0 Å². The van der Waals surface area contributed by atoms with Crippen molar-refractivity contribution >= 4 is 23.0 Å². The van der Waals surface area contributed by atoms with Gasteiger partial charge in [0.25, 0.3) is 0 Å². The van der Waals surface area contributed by atoms with Crippen molar-refractivity contribution < 1.29 is 14.3 Å². The molecule has 1 aliphatic carbocycles. The Kier molecular flexibility index (Phi) is 2.85. The number of carbonyl (C=O) groups excluding carboxylic acids is 2. The second-order valence-electron chi connectivity index (χ2n) is 5.89. The summed E-state index contributed by atoms with van der Waals surface area (Å²) >= 11 is 0. The maximum absolute atomic E-state index is 12.1. The summed E-state index contributed by atoms with van der Waals surface area (Å²) in [4.78, 5) is 23.0. The molecule has 2 aromatic rings. The van der Waals surface area contributed by atoms with E-state index >= 15 is 0 Å². The third-order valence-corrected chi connectivity index (χ3v) is 4.25. The Morgan fingerprint density at radius 3 is 2.50 bits per heavy atom. The third-order valence-electron chi connectivity index (χ3n) is 4.25. The lowest BCUT2D eigenvalue weighted by Crippen LogP contribution is -2.14. The van der Waals surface area contributed by atoms with Crippen LogP contribution in [0.1, 0.15) is 13.8 Å². The highest BCUT2D eigenvalue weighted by Crippen LogP contribution is 2.57. The van der Waals surface area contributed by atoms with Gasteiger partial charge >= 0.3 is 5.97 Å². The van der Waals surface area contributed by atoms with Gasteiger partial charge < -0.3 is 9.53 Å². The molecule has 0 radical (unpaired) electrons. The molecule has 3 rings (SSSR count). The Bertz CT molecular complexity index is 687. The molecule has 0 aromatic heterocycles. The van der Waals surface area contributed by atoms with Crippen LogP contribution < -0.4 is 4.74 Å². The quantitative estimate of drug-likeness (QED) is 0.487. The largest absolute Gasteiger partial charge is 0.426 e. The van der Waals surface area contributed by atoms with Crippen LogP contribution in [0, 0.1) is 17.3 Å². The fourth-order valence-corrected chi connectivity index (χ4v) is 2.79. The second-order valence-corrected chi connectivity index (χ2v) is 5.89. The molecule has 0 amide bonds. The topological polar surface area (TPSA) is 43.4 Å². The highest BCUT2D eigenvalue weighted by molar-refractivity contribution is 5.88. The van der Waals surface area contributed by atoms with E-state index in [1.165, 1.54) is 0 Å². The van der Waals surface area contributed by atoms with E-state index in [0.717, 1.165) is 17.1 Å². The number of hydrogen-bond acceptors (Lipinski definition) is 3. The average Bonchev–Trinajstić information content (AvgIpc) is 3.00. The van der Waals surface area contributed by atoms with Crippen LogP contribution in [0.3, 0.4) is 0 Å². The number of aldehydes is 1. The second kappa shape index (κ2) is 4.44. The number of esters is 1. The van der Waals surface area contributed by atoms with Gasteiger partial charge in [0.15, 0.2) is 0 Å². The first kappa shape index (κ1) is 12.9. The average molecular weight is 268 g/mol. The molecule has 0 N–H and O–H groups in total. The lowest BCUT2D eigenvalue weighted by atomic mass is 10.1. The summed E-state index contributed by atoms with van der Waals surface area (Å²) in [5.41, 5.74) is -0.282. The van der Waals surface area contributed by atoms with Crippen molar-refractivity contribution in [1.29, 1.82) is 0 Å². The first-order valence-electron chi connectivity index (χ1n) is 6.70. The molecule has 2 atom stereocenters. The molecule has 0 aliphatic heterocycles. The number of carbonyl (C=O) groups is 2. The molecule has 3 heteroatoms. The Balaban J connectivity index is 1.80. The smallest absolute Gasteiger partial charge is 0.315 e. The maximum atomic E-state index is 12.1. The number of benzene rings is 2. The normalized spacial score (nSPS) is 23.3. The van der Waals surface area contributed by atoms with E-state index in [0.29, 0.717) is 5.75 Å². The van der Waals surface area contributed by atoms with Gasteiger partial charge in [-0.1, -0.05) is 44.2 Å². The van der Waals surface area contributed by atoms with Crippen molar-refractivity contribution in [2.24, 2.45) is 17.3 Å². The fourth-order valence-electron chi connectivity index (χ4n) is 2.79. The van der Waals surface area contributed by atoms with Crippen molar-refractivity contribution in [3.63, 3.8) is 0 Å². The highest BCUT2D eigenvalue weighted by Gasteiger charge is 2.62. The first-order chi connectivity index (χ1) is 9.54. The number of ether oxygens (including phenoxy) is 1. The van der Waals surface area contributed by atoms with Gasteiger partial charge in [0.05, 0.1) is 5.92 Å². The maximum Gasteiger partial charge on any atom is 0.315 e. The molecule has 1 aliphatic rings. The van der Waals surface area contributed by atoms with Crippen LogP contribution in [-0.4, -0.2) is 12.3 Å². The van der Waals surface area contributed by atoms with Crippen molar-refractivity contribution in [2.45, 2.75) is 13.8 Å². The van der Waals surface area contributed by atoms with Gasteiger partial charge in [-0.2, -0.15) is 0 Å². The number of rotatable bonds is 3. The van der Waals surface area contributed by atoms with Crippen LogP contribution in [0.4, 0.5) is 0 Å². The molecule has 2 unspecified atom stereocenters. The van der Waals surface area contributed by atoms with Gasteiger partial charge in [0.1, 0.15) is 12.0 Å². The molecule has 0 bridgehead atoms. The standard InChI is InChI=1S/C17H16O3/c1-17(2)14(10-18)15(17)16(19)20-13-8-7-11-5-3-4-6-12(11)9-13/h3-10,14-15H,1-2H3. The molecule has 0 heterocycles. The van der Waals surface area contributed by atoms with E-state index in [-0.39, 0.29) is 23.2 Å². The SMILES string of the molecule is CC1(C)C(C=O)C1C(=O)Oc1ccc2ccccc2c1. The minimum Gasteiger partial charge on any atom is -0.426 e. The molecule has 1 fully saturated rings. The van der Waals surface area contributed by atoms with Crippen molar-refractivity contribution in [3.8, 4) is 5.75 Å². The van der Waals surface area contributed by atoms with Crippen LogP contribution in [0.2, 0.25) is 0 Å². The van der Waals surface area contributed by atoms with Crippen LogP contribution in [0.25, 0.3) is 10.8 Å². The third kappa shape index (κ3) is 1.99. The van der Waals surface area contributed by atoms with Crippen LogP contribution in [-0.2, 0) is 9.59 Å². The molecule has 0 spiro atoms. The molecule has 3 nitrogen and oxygen atoms in total. The number of fused-ring (bicyclic) bond motifs is 1. The van der Waals surface area contributed by atoms with E-state index in [9.17, 15) is 9.59 Å². The predicted octanol–water partition coefficient (Wildman–Crippen LogP) is 3.22. The minimum absolute atomic E-state index is 0.226. The predicted molar refractivity (Wildman–Crippen MR) is 76.4 cm³/mol. The molecule has 0 saturated heterocycles. The Hall–Kier alpha value is -2.16. The lowest BCUT2D eigenvalue weighted by Gasteiger charge is -2.06. The van der Waals surface area contributed by atoms with Crippen LogP contribution in [0.5, 0.6) is 5.75 Å². The van der Waals surface area contributed by atoms with Gasteiger partial charge in [0, 0.05) is 5.92 Å². The van der Waals surface area contributed by atoms with Gasteiger partial charge in [-0.05, 0) is 28.3 Å². The summed E-state index contributed by atoms with van der Waals surface area (Å²) in [7, 11) is 0. The zero-order chi connectivity index (χ0) is 14.3. The summed E-state index contributed by atoms with van der Waals surface area (Å²) in [5.74, 6) is -0.342. The Morgan fingerprint density at radius 1 is 1.15 bits per heavy atom. The van der Waals surface area contributed by atoms with Gasteiger partial charge in [-0.15, -0.1) is 0 Å². The van der Waals surface area contributed by atoms with E-state index in [2.05, 4.69) is 0 Å². The van der Waals surface area contributed by atoms with E-state index in [1.807, 2.05) is 50.2 Å². The summed E-state index contributed by atoms with van der Waals surface area (Å²) in [6.07, 6.45) is 0.853. The van der Waals surface area contributed by atoms with Crippen molar-refractivity contribution in [2.75, 3.05) is 0 Å². The minimum atomic E-state index is -0.327. The molecular weight excluding hydrogens is 252 g/mol. The van der Waals surface area contributed by atoms with Gasteiger partial charge in [-0.25, -0.2) is 0 Å². The zero-order valence-corrected chi connectivity index (χ0v) is 11.5. The number of hydrogen-bond donors (Lipinski definition) is 0. The van der Waals surface area contributed by atoms with Crippen molar-refractivity contribution in [1.82, 2.24) is 0 Å². The van der Waals surface area contributed by atoms with Gasteiger partial charge in [-0.3, -0.25) is 4.79 Å². The Labute approximate surface area is 117 Å². The fraction of sp³-hybridized carbons (Fsp3) is 0.294. The summed E-state index contributed by atoms with van der Waals surface area (Å²) < 4.78 is 5.42. The van der Waals surface area contributed by atoms with Gasteiger partial charge in [0.2, 0.25) is 0 Å². The Morgan fingerprint density at radius 2 is 1.85 bits per heavy atom. The van der Waals surface area contributed by atoms with Crippen LogP contribution >= 0.6 is 0 Å². The monoisotopic (exact) mass is 268 g/mol. The lowest BCUT2D eigenvalue weighted by molar-refractivity contribution is -0.137. The van der Waals surface area contributed by atoms with Crippen molar-refractivity contribution in [3.05, 3.63) is 42.5 Å². The molecule has 2 aromatic carbocycles. The van der Waals surface area contributed by atoms with E-state index in [1.54, 1.807) is 6.07 Å². The summed E-state index contributed by atoms with van der Waals surface area (Å²) in [5, 5.41) is 2.13. The van der Waals surface area contributed by atoms with Crippen LogP contribution in [0.15, 0.2) is 42.5 Å². The molecule has 20 heavy (non-hydrogen) atoms. The molecular formula is C17H16O3. The summed E-state index contributed by atoms with van der Waals surface area (Å²) in [6, 6.07) is 13.4. The highest BCUT2D eigenvalue weighted by atomic mass is 16.5. The van der Waals surface area contributed by atoms with E-state index in [4.69, 9.17) is 4.74 Å². The summed E-state index contributed by atoms with van der Waals surface area (Å²) in [6.45, 7) is 3.83. The zero-order valence-electron chi connectivity index (χ0n) is 11.5.